The summed E-state index contributed by atoms with van der Waals surface area (Å²) in [6, 6.07) is 32.6. The van der Waals surface area contributed by atoms with Gasteiger partial charge in [0.2, 0.25) is 0 Å². The molecule has 0 saturated carbocycles. The third-order valence-corrected chi connectivity index (χ3v) is 8.32. The Bertz CT molecular complexity index is 2490. The van der Waals surface area contributed by atoms with Gasteiger partial charge in [-0.05, 0) is 47.7 Å². The smallest absolute Gasteiger partial charge is 0.182 e. The van der Waals surface area contributed by atoms with Gasteiger partial charge in [0.1, 0.15) is 11.5 Å². The largest absolute Gasteiger partial charge is 0.292 e. The van der Waals surface area contributed by atoms with Crippen LogP contribution < -0.4 is 10.4 Å². The number of pyridine rings is 1. The second-order valence-electron chi connectivity index (χ2n) is 11.2. The fourth-order valence-corrected chi connectivity index (χ4v) is 6.13. The lowest BCUT2D eigenvalue weighted by molar-refractivity contribution is 0.986. The zero-order valence-electron chi connectivity index (χ0n) is 25.6. The third-order valence-electron chi connectivity index (χ3n) is 8.32. The molecule has 0 spiro atoms. The molecule has 4 aromatic carbocycles. The van der Waals surface area contributed by atoms with E-state index in [0.717, 1.165) is 73.4 Å². The minimum atomic E-state index is 0.505. The molecule has 0 aliphatic carbocycles. The molecular weight excluding hydrogens is 578 g/mol. The van der Waals surface area contributed by atoms with Crippen molar-refractivity contribution in [3.8, 4) is 40.0 Å². The molecule has 0 fully saturated rings. The highest BCUT2D eigenvalue weighted by Gasteiger charge is 2.20. The van der Waals surface area contributed by atoms with Crippen molar-refractivity contribution in [1.82, 2.24) is 29.5 Å². The van der Waals surface area contributed by atoms with Crippen molar-refractivity contribution >= 4 is 40.2 Å². The number of aromatic nitrogens is 6. The number of fused-ring (bicyclic) bond motifs is 3. The van der Waals surface area contributed by atoms with Gasteiger partial charge in [0.05, 0.1) is 16.7 Å². The maximum absolute atomic E-state index is 5.29. The topological polar surface area (TPSA) is 81.7 Å². The van der Waals surface area contributed by atoms with E-state index in [1.54, 1.807) is 12.3 Å². The Morgan fingerprint density at radius 1 is 0.723 bits per heavy atom. The number of aliphatic imine (C=N–C) groups is 1. The van der Waals surface area contributed by atoms with Crippen LogP contribution in [0.4, 0.5) is 0 Å². The SMILES string of the molecule is C=C/C=c1\c(=C)c2ccccc2c2c1nc(-c1ccccc1)n2-c1cccc(-c2nc(C3=NC=CCC3)nc(-c3ccccn3)n2)c1. The van der Waals surface area contributed by atoms with E-state index in [0.29, 0.717) is 23.2 Å². The highest BCUT2D eigenvalue weighted by Crippen LogP contribution is 2.32. The van der Waals surface area contributed by atoms with Crippen LogP contribution in [-0.4, -0.2) is 35.2 Å². The molecule has 0 atom stereocenters. The van der Waals surface area contributed by atoms with Gasteiger partial charge in [0.25, 0.3) is 0 Å². The molecule has 0 bridgehead atoms. The van der Waals surface area contributed by atoms with Crippen LogP contribution in [0.3, 0.4) is 0 Å². The molecule has 0 radical (unpaired) electrons. The normalized spacial score (nSPS) is 13.3. The first kappa shape index (κ1) is 28.2. The summed E-state index contributed by atoms with van der Waals surface area (Å²) in [6.07, 6.45) is 11.0. The first-order valence-electron chi connectivity index (χ1n) is 15.5. The molecule has 1 aliphatic rings. The standard InChI is InChI=1S/C40H29N7/c1-3-14-31-26(2)30-19-7-8-20-32(30)36-35(31)43-40(27-15-5-4-6-16-27)47(36)29-18-13-17-28(25-29)37-44-38(33-21-9-11-23-41-33)46-39(45-37)34-22-10-12-24-42-34/h3-9,11-21,23-25H,1-2,10,22H2/b31-14+. The van der Waals surface area contributed by atoms with E-state index in [1.807, 2.05) is 72.9 Å². The van der Waals surface area contributed by atoms with E-state index in [4.69, 9.17) is 19.9 Å². The number of rotatable bonds is 6. The van der Waals surface area contributed by atoms with Crippen LogP contribution in [0.2, 0.25) is 0 Å². The summed E-state index contributed by atoms with van der Waals surface area (Å²) in [5.41, 5.74) is 6.12. The molecule has 0 unspecified atom stereocenters. The van der Waals surface area contributed by atoms with E-state index in [1.165, 1.54) is 0 Å². The van der Waals surface area contributed by atoms with Crippen molar-refractivity contribution in [1.29, 1.82) is 0 Å². The lowest BCUT2D eigenvalue weighted by atomic mass is 10.0. The Labute approximate surface area is 271 Å². The van der Waals surface area contributed by atoms with Crippen molar-refractivity contribution in [2.45, 2.75) is 12.8 Å². The average molecular weight is 608 g/mol. The van der Waals surface area contributed by atoms with E-state index in [2.05, 4.69) is 70.2 Å². The van der Waals surface area contributed by atoms with Crippen molar-refractivity contribution in [3.05, 3.63) is 144 Å². The minimum Gasteiger partial charge on any atom is -0.292 e. The predicted octanol–water partition coefficient (Wildman–Crippen LogP) is 7.23. The maximum atomic E-state index is 5.29. The van der Waals surface area contributed by atoms with Gasteiger partial charge in [-0.3, -0.25) is 14.5 Å². The third kappa shape index (κ3) is 5.04. The first-order chi connectivity index (χ1) is 23.2. The summed E-state index contributed by atoms with van der Waals surface area (Å²) in [5, 5.41) is 4.00. The average Bonchev–Trinajstić information content (AvgIpc) is 3.55. The lowest BCUT2D eigenvalue weighted by Crippen LogP contribution is -2.25. The number of hydrogen-bond acceptors (Lipinski definition) is 6. The summed E-state index contributed by atoms with van der Waals surface area (Å²) in [7, 11) is 0. The summed E-state index contributed by atoms with van der Waals surface area (Å²) in [5.74, 6) is 2.43. The molecule has 8 rings (SSSR count). The molecule has 0 amide bonds. The van der Waals surface area contributed by atoms with Gasteiger partial charge in [-0.25, -0.2) is 19.9 Å². The molecule has 0 N–H and O–H groups in total. The molecule has 3 aromatic heterocycles. The second-order valence-corrected chi connectivity index (χ2v) is 11.2. The van der Waals surface area contributed by atoms with Crippen LogP contribution in [-0.2, 0) is 0 Å². The van der Waals surface area contributed by atoms with Crippen molar-refractivity contribution in [2.24, 2.45) is 4.99 Å². The van der Waals surface area contributed by atoms with E-state index < -0.39 is 0 Å². The number of nitrogens with zero attached hydrogens (tertiary/aromatic N) is 7. The van der Waals surface area contributed by atoms with Crippen LogP contribution in [0.5, 0.6) is 0 Å². The summed E-state index contributed by atoms with van der Waals surface area (Å²) >= 11 is 0. The predicted molar refractivity (Wildman–Crippen MR) is 190 cm³/mol. The van der Waals surface area contributed by atoms with Crippen LogP contribution in [0.15, 0.2) is 133 Å². The van der Waals surface area contributed by atoms with Crippen molar-refractivity contribution in [3.63, 3.8) is 0 Å². The molecule has 7 aromatic rings. The van der Waals surface area contributed by atoms with Gasteiger partial charge >= 0.3 is 0 Å². The Hall–Kier alpha value is -6.34. The Kier molecular flexibility index (Phi) is 7.11. The lowest BCUT2D eigenvalue weighted by Gasteiger charge is -2.14. The molecule has 7 nitrogen and oxygen atoms in total. The molecule has 4 heterocycles. The van der Waals surface area contributed by atoms with Crippen LogP contribution in [0.25, 0.3) is 74.4 Å². The van der Waals surface area contributed by atoms with Crippen molar-refractivity contribution < 1.29 is 0 Å². The molecule has 0 saturated heterocycles. The Morgan fingerprint density at radius 2 is 1.49 bits per heavy atom. The van der Waals surface area contributed by atoms with Gasteiger partial charge in [-0.1, -0.05) is 104 Å². The van der Waals surface area contributed by atoms with Gasteiger partial charge in [-0.2, -0.15) is 0 Å². The molecule has 224 valence electrons. The van der Waals surface area contributed by atoms with Crippen LogP contribution in [0, 0.1) is 0 Å². The van der Waals surface area contributed by atoms with Crippen molar-refractivity contribution in [2.75, 3.05) is 0 Å². The van der Waals surface area contributed by atoms with Crippen LogP contribution in [0.1, 0.15) is 18.7 Å². The number of allylic oxidation sites excluding steroid dienone is 2. The summed E-state index contributed by atoms with van der Waals surface area (Å²) in [4.78, 5) is 29.1. The van der Waals surface area contributed by atoms with Gasteiger partial charge < -0.3 is 0 Å². The summed E-state index contributed by atoms with van der Waals surface area (Å²) in [6.45, 7) is 8.46. The van der Waals surface area contributed by atoms with Crippen LogP contribution >= 0.6 is 0 Å². The number of hydrogen-bond donors (Lipinski definition) is 0. The zero-order chi connectivity index (χ0) is 31.7. The number of benzene rings is 4. The fourth-order valence-electron chi connectivity index (χ4n) is 6.13. The van der Waals surface area contributed by atoms with E-state index >= 15 is 0 Å². The first-order valence-corrected chi connectivity index (χ1v) is 15.5. The summed E-state index contributed by atoms with van der Waals surface area (Å²) < 4.78 is 2.23. The highest BCUT2D eigenvalue weighted by atomic mass is 15.1. The monoisotopic (exact) mass is 607 g/mol. The Morgan fingerprint density at radius 3 is 2.28 bits per heavy atom. The quantitative estimate of drug-likeness (QED) is 0.199. The molecular formula is C40H29N7. The maximum Gasteiger partial charge on any atom is 0.182 e. The van der Waals surface area contributed by atoms with E-state index in [-0.39, 0.29) is 0 Å². The zero-order valence-corrected chi connectivity index (χ0v) is 25.6. The Balaban J connectivity index is 1.41. The molecule has 7 heteroatoms. The van der Waals surface area contributed by atoms with Gasteiger partial charge in [0.15, 0.2) is 17.5 Å². The van der Waals surface area contributed by atoms with Gasteiger partial charge in [-0.15, -0.1) is 0 Å². The fraction of sp³-hybridized carbons (Fsp3) is 0.0500. The molecule has 47 heavy (non-hydrogen) atoms. The van der Waals surface area contributed by atoms with E-state index in [9.17, 15) is 0 Å². The van der Waals surface area contributed by atoms with Gasteiger partial charge in [0, 0.05) is 39.8 Å². The minimum absolute atomic E-state index is 0.505. The molecule has 1 aliphatic heterocycles. The number of imidazole rings is 1. The highest BCUT2D eigenvalue weighted by molar-refractivity contribution is 6.07. The second kappa shape index (κ2) is 11.9.